The second-order valence-corrected chi connectivity index (χ2v) is 8.07. The highest BCUT2D eigenvalue weighted by atomic mass is 79.9. The van der Waals surface area contributed by atoms with Gasteiger partial charge in [-0.05, 0) is 35.9 Å². The second kappa shape index (κ2) is 6.90. The highest BCUT2D eigenvalue weighted by Crippen LogP contribution is 2.43. The lowest BCUT2D eigenvalue weighted by Gasteiger charge is -2.09. The Kier molecular flexibility index (Phi) is 4.63. The van der Waals surface area contributed by atoms with Gasteiger partial charge in [-0.15, -0.1) is 11.3 Å². The molecule has 126 valence electrons. The van der Waals surface area contributed by atoms with Crippen molar-refractivity contribution in [1.82, 2.24) is 4.98 Å². The summed E-state index contributed by atoms with van der Waals surface area (Å²) in [4.78, 5) is 18.9. The number of Topliss-reactive ketones (excluding diaryl/α,β-unsaturated/α-hetero) is 1. The molecular formula is C19H13BrClNO2S. The monoisotopic (exact) mass is 433 g/mol. The summed E-state index contributed by atoms with van der Waals surface area (Å²) in [6.45, 7) is 0.604. The van der Waals surface area contributed by atoms with E-state index in [-0.39, 0.29) is 5.78 Å². The van der Waals surface area contributed by atoms with E-state index in [4.69, 9.17) is 16.3 Å². The Morgan fingerprint density at radius 2 is 2.12 bits per heavy atom. The van der Waals surface area contributed by atoms with Crippen molar-refractivity contribution in [3.05, 3.63) is 69.7 Å². The third-order valence-corrected chi connectivity index (χ3v) is 6.85. The predicted octanol–water partition coefficient (Wildman–Crippen LogP) is 5.72. The first-order valence-electron chi connectivity index (χ1n) is 7.79. The third kappa shape index (κ3) is 3.12. The van der Waals surface area contributed by atoms with Crippen LogP contribution in [0, 0.1) is 0 Å². The number of halogens is 2. The molecule has 1 aliphatic rings. The molecule has 6 heteroatoms. The summed E-state index contributed by atoms with van der Waals surface area (Å²) in [6.07, 6.45) is 2.55. The second-order valence-electron chi connectivity index (χ2n) is 5.66. The number of benzene rings is 1. The molecule has 1 aromatic carbocycles. The summed E-state index contributed by atoms with van der Waals surface area (Å²) in [5, 5.41) is 0.468. The first-order valence-corrected chi connectivity index (χ1v) is 9.90. The Morgan fingerprint density at radius 1 is 1.28 bits per heavy atom. The number of carbonyl (C=O) groups is 1. The minimum atomic E-state index is -0.433. The van der Waals surface area contributed by atoms with Crippen LogP contribution in [-0.4, -0.2) is 17.4 Å². The molecular weight excluding hydrogens is 422 g/mol. The van der Waals surface area contributed by atoms with E-state index in [9.17, 15) is 4.79 Å². The smallest absolute Gasteiger partial charge is 0.183 e. The van der Waals surface area contributed by atoms with E-state index in [1.165, 1.54) is 0 Å². The molecule has 3 heterocycles. The van der Waals surface area contributed by atoms with Gasteiger partial charge in [0.05, 0.1) is 16.5 Å². The van der Waals surface area contributed by atoms with Gasteiger partial charge in [-0.3, -0.25) is 9.78 Å². The van der Waals surface area contributed by atoms with Crippen molar-refractivity contribution in [3.8, 4) is 16.3 Å². The van der Waals surface area contributed by atoms with Crippen molar-refractivity contribution < 1.29 is 9.53 Å². The minimum absolute atomic E-state index is 0.0421. The molecule has 4 rings (SSSR count). The molecule has 0 radical (unpaired) electrons. The van der Waals surface area contributed by atoms with Crippen LogP contribution in [-0.2, 0) is 6.42 Å². The van der Waals surface area contributed by atoms with Crippen LogP contribution in [0.2, 0.25) is 5.02 Å². The normalized spacial score (nSPS) is 14.0. The largest absolute Gasteiger partial charge is 0.491 e. The summed E-state index contributed by atoms with van der Waals surface area (Å²) in [5.74, 6) is 0.748. The summed E-state index contributed by atoms with van der Waals surface area (Å²) in [6, 6.07) is 13.0. The van der Waals surface area contributed by atoms with Crippen molar-refractivity contribution >= 4 is 44.7 Å². The summed E-state index contributed by atoms with van der Waals surface area (Å²) in [7, 11) is 0. The maximum absolute atomic E-state index is 12.8. The third-order valence-electron chi connectivity index (χ3n) is 4.06. The fourth-order valence-corrected chi connectivity index (χ4v) is 4.91. The Hall–Kier alpha value is -1.69. The quantitative estimate of drug-likeness (QED) is 0.391. The van der Waals surface area contributed by atoms with Gasteiger partial charge >= 0.3 is 0 Å². The van der Waals surface area contributed by atoms with Crippen LogP contribution in [0.15, 0.2) is 48.7 Å². The fourth-order valence-electron chi connectivity index (χ4n) is 2.84. The number of ether oxygens (including phenoxy) is 1. The fraction of sp³-hybridized carbons (Fsp3) is 0.158. The zero-order chi connectivity index (χ0) is 17.4. The molecule has 1 unspecified atom stereocenters. The number of hydrogen-bond donors (Lipinski definition) is 0. The van der Waals surface area contributed by atoms with Gasteiger partial charge in [-0.2, -0.15) is 0 Å². The molecule has 0 spiro atoms. The van der Waals surface area contributed by atoms with E-state index in [0.717, 1.165) is 33.2 Å². The van der Waals surface area contributed by atoms with Gasteiger partial charge in [-0.1, -0.05) is 39.7 Å². The van der Waals surface area contributed by atoms with Crippen molar-refractivity contribution in [2.24, 2.45) is 0 Å². The zero-order valence-electron chi connectivity index (χ0n) is 13.0. The highest BCUT2D eigenvalue weighted by Gasteiger charge is 2.26. The molecule has 1 aliphatic heterocycles. The van der Waals surface area contributed by atoms with E-state index in [1.807, 2.05) is 24.3 Å². The first-order chi connectivity index (χ1) is 12.1. The van der Waals surface area contributed by atoms with Gasteiger partial charge in [0.1, 0.15) is 16.3 Å². The van der Waals surface area contributed by atoms with Crippen LogP contribution in [0.5, 0.6) is 5.75 Å². The molecule has 3 nitrogen and oxygen atoms in total. The van der Waals surface area contributed by atoms with Crippen molar-refractivity contribution in [2.45, 2.75) is 11.2 Å². The van der Waals surface area contributed by atoms with Crippen LogP contribution in [0.4, 0.5) is 0 Å². The summed E-state index contributed by atoms with van der Waals surface area (Å²) < 4.78 is 5.77. The summed E-state index contributed by atoms with van der Waals surface area (Å²) in [5.41, 5.74) is 2.53. The van der Waals surface area contributed by atoms with Gasteiger partial charge in [0.2, 0.25) is 0 Å². The van der Waals surface area contributed by atoms with E-state index in [1.54, 1.807) is 29.7 Å². The number of thiophene rings is 1. The van der Waals surface area contributed by atoms with Crippen molar-refractivity contribution in [2.75, 3.05) is 6.61 Å². The topological polar surface area (TPSA) is 39.2 Å². The number of pyridine rings is 1. The van der Waals surface area contributed by atoms with Gasteiger partial charge in [0, 0.05) is 23.1 Å². The molecule has 25 heavy (non-hydrogen) atoms. The number of fused-ring (bicyclic) bond motifs is 3. The van der Waals surface area contributed by atoms with E-state index in [0.29, 0.717) is 17.2 Å². The van der Waals surface area contributed by atoms with Crippen LogP contribution < -0.4 is 4.74 Å². The predicted molar refractivity (Wildman–Crippen MR) is 104 cm³/mol. The lowest BCUT2D eigenvalue weighted by atomic mass is 10.1. The molecule has 0 N–H and O–H groups in total. The maximum atomic E-state index is 12.8. The SMILES string of the molecule is O=C(c1ccccc1Cl)C(Br)c1cc2c(s1)-c1ncccc1OCC2. The van der Waals surface area contributed by atoms with Crippen LogP contribution >= 0.6 is 38.9 Å². The number of ketones is 1. The molecule has 3 aromatic rings. The maximum Gasteiger partial charge on any atom is 0.183 e. The lowest BCUT2D eigenvalue weighted by molar-refractivity contribution is 0.0992. The standard InChI is InChI=1S/C19H13BrClNO2S/c20-16(18(23)12-4-1-2-5-13(12)21)15-10-11-7-9-24-14-6-3-8-22-17(14)19(11)25-15/h1-6,8,10,16H,7,9H2. The Bertz CT molecular complexity index is 956. The van der Waals surface area contributed by atoms with Gasteiger partial charge in [-0.25, -0.2) is 0 Å². The Morgan fingerprint density at radius 3 is 2.96 bits per heavy atom. The number of nitrogens with zero attached hydrogens (tertiary/aromatic N) is 1. The molecule has 0 bridgehead atoms. The van der Waals surface area contributed by atoms with E-state index >= 15 is 0 Å². The average molecular weight is 435 g/mol. The first kappa shape index (κ1) is 16.8. The number of aromatic nitrogens is 1. The minimum Gasteiger partial charge on any atom is -0.491 e. The Labute approximate surface area is 162 Å². The van der Waals surface area contributed by atoms with Gasteiger partial charge < -0.3 is 4.74 Å². The van der Waals surface area contributed by atoms with Gasteiger partial charge in [0.25, 0.3) is 0 Å². The molecule has 2 aromatic heterocycles. The number of carbonyl (C=O) groups excluding carboxylic acids is 1. The van der Waals surface area contributed by atoms with Crippen LogP contribution in [0.25, 0.3) is 10.6 Å². The van der Waals surface area contributed by atoms with Crippen molar-refractivity contribution in [3.63, 3.8) is 0 Å². The molecule has 0 saturated heterocycles. The van der Waals surface area contributed by atoms with E-state index in [2.05, 4.69) is 27.0 Å². The number of rotatable bonds is 3. The number of hydrogen-bond acceptors (Lipinski definition) is 4. The molecule has 0 aliphatic carbocycles. The molecule has 1 atom stereocenters. The molecule has 0 amide bonds. The van der Waals surface area contributed by atoms with Crippen LogP contribution in [0.3, 0.4) is 0 Å². The summed E-state index contributed by atoms with van der Waals surface area (Å²) >= 11 is 11.3. The van der Waals surface area contributed by atoms with Gasteiger partial charge in [0.15, 0.2) is 5.78 Å². The Balaban J connectivity index is 1.72. The molecule has 0 saturated carbocycles. The van der Waals surface area contributed by atoms with Crippen molar-refractivity contribution in [1.29, 1.82) is 0 Å². The number of alkyl halides is 1. The van der Waals surface area contributed by atoms with Crippen LogP contribution in [0.1, 0.15) is 25.6 Å². The highest BCUT2D eigenvalue weighted by molar-refractivity contribution is 9.09. The average Bonchev–Trinajstić information content (AvgIpc) is 2.98. The molecule has 0 fully saturated rings. The lowest BCUT2D eigenvalue weighted by Crippen LogP contribution is -2.06. The zero-order valence-corrected chi connectivity index (χ0v) is 16.2. The van der Waals surface area contributed by atoms with E-state index < -0.39 is 4.83 Å².